The minimum Gasteiger partial charge on any atom is -0.394 e. The van der Waals surface area contributed by atoms with Gasteiger partial charge in [0.1, 0.15) is 11.4 Å². The van der Waals surface area contributed by atoms with Gasteiger partial charge in [-0.05, 0) is 24.6 Å². The quantitative estimate of drug-likeness (QED) is 0.529. The van der Waals surface area contributed by atoms with Gasteiger partial charge in [-0.2, -0.15) is 0 Å². The molecule has 0 atom stereocenters. The van der Waals surface area contributed by atoms with Crippen LogP contribution in [-0.2, 0) is 0 Å². The maximum absolute atomic E-state index is 9.10. The molecule has 0 aliphatic heterocycles. The Balaban J connectivity index is 2.82. The van der Waals surface area contributed by atoms with Gasteiger partial charge in [-0.3, -0.25) is 0 Å². The molecule has 0 aliphatic rings. The van der Waals surface area contributed by atoms with Gasteiger partial charge >= 0.3 is 0 Å². The first kappa shape index (κ1) is 11.9. The third-order valence-corrected chi connectivity index (χ3v) is 2.22. The van der Waals surface area contributed by atoms with E-state index in [0.29, 0.717) is 5.82 Å². The first-order chi connectivity index (χ1) is 7.15. The summed E-state index contributed by atoms with van der Waals surface area (Å²) in [4.78, 5) is 4.02. The highest BCUT2D eigenvalue weighted by molar-refractivity contribution is 5.40. The van der Waals surface area contributed by atoms with Crippen LogP contribution in [0.1, 0.15) is 5.56 Å². The summed E-state index contributed by atoms with van der Waals surface area (Å²) in [6.45, 7) is 0.812. The standard InChI is InChI=1S/C10H16N2O3/c1-8-2-3-11-9(4-8)12-10(5-13,6-14)7-15/h2-4,13-15H,5-7H2,1H3,(H,11,12). The maximum Gasteiger partial charge on any atom is 0.126 e. The van der Waals surface area contributed by atoms with Crippen molar-refractivity contribution < 1.29 is 15.3 Å². The van der Waals surface area contributed by atoms with Gasteiger partial charge in [0.15, 0.2) is 0 Å². The Morgan fingerprint density at radius 2 is 1.87 bits per heavy atom. The summed E-state index contributed by atoms with van der Waals surface area (Å²) in [5, 5.41) is 30.1. The van der Waals surface area contributed by atoms with E-state index in [4.69, 9.17) is 15.3 Å². The van der Waals surface area contributed by atoms with Crippen molar-refractivity contribution in [3.05, 3.63) is 23.9 Å². The van der Waals surface area contributed by atoms with Crippen molar-refractivity contribution in [1.82, 2.24) is 4.98 Å². The molecular formula is C10H16N2O3. The predicted molar refractivity (Wildman–Crippen MR) is 56.6 cm³/mol. The molecule has 4 N–H and O–H groups in total. The van der Waals surface area contributed by atoms with Gasteiger partial charge < -0.3 is 20.6 Å². The Morgan fingerprint density at radius 1 is 1.27 bits per heavy atom. The van der Waals surface area contributed by atoms with Crippen LogP contribution in [0.5, 0.6) is 0 Å². The Kier molecular flexibility index (Phi) is 4.02. The van der Waals surface area contributed by atoms with Gasteiger partial charge in [0.25, 0.3) is 0 Å². The number of hydrogen-bond donors (Lipinski definition) is 4. The summed E-state index contributed by atoms with van der Waals surface area (Å²) in [6.07, 6.45) is 1.62. The average molecular weight is 212 g/mol. The van der Waals surface area contributed by atoms with Crippen LogP contribution in [0.15, 0.2) is 18.3 Å². The van der Waals surface area contributed by atoms with E-state index in [2.05, 4.69) is 10.3 Å². The zero-order valence-electron chi connectivity index (χ0n) is 8.64. The Bertz CT molecular complexity index is 305. The highest BCUT2D eigenvalue weighted by Gasteiger charge is 2.27. The fraction of sp³-hybridized carbons (Fsp3) is 0.500. The first-order valence-electron chi connectivity index (χ1n) is 4.69. The molecule has 0 amide bonds. The van der Waals surface area contributed by atoms with E-state index in [1.54, 1.807) is 12.3 Å². The molecule has 0 bridgehead atoms. The van der Waals surface area contributed by atoms with Gasteiger partial charge in [0.2, 0.25) is 0 Å². The van der Waals surface area contributed by atoms with Crippen LogP contribution in [0.25, 0.3) is 0 Å². The van der Waals surface area contributed by atoms with Gasteiger partial charge in [-0.15, -0.1) is 0 Å². The number of anilines is 1. The number of nitrogens with zero attached hydrogens (tertiary/aromatic N) is 1. The topological polar surface area (TPSA) is 85.6 Å². The molecule has 0 aliphatic carbocycles. The number of hydrogen-bond acceptors (Lipinski definition) is 5. The molecule has 1 rings (SSSR count). The van der Waals surface area contributed by atoms with Crippen molar-refractivity contribution in [2.45, 2.75) is 12.5 Å². The summed E-state index contributed by atoms with van der Waals surface area (Å²) in [5.41, 5.74) is -0.115. The van der Waals surface area contributed by atoms with E-state index in [1.165, 1.54) is 0 Å². The molecule has 0 spiro atoms. The number of pyridine rings is 1. The molecular weight excluding hydrogens is 196 g/mol. The Labute approximate surface area is 88.4 Å². The minimum absolute atomic E-state index is 0.365. The van der Waals surface area contributed by atoms with Crippen molar-refractivity contribution in [2.75, 3.05) is 25.1 Å². The molecule has 0 fully saturated rings. The summed E-state index contributed by atoms with van der Waals surface area (Å²) in [5.74, 6) is 0.521. The van der Waals surface area contributed by atoms with E-state index in [1.807, 2.05) is 13.0 Å². The van der Waals surface area contributed by atoms with Crippen molar-refractivity contribution >= 4 is 5.82 Å². The van der Waals surface area contributed by atoms with Crippen molar-refractivity contribution in [1.29, 1.82) is 0 Å². The normalized spacial score (nSPS) is 11.5. The minimum atomic E-state index is -1.12. The van der Waals surface area contributed by atoms with Crippen molar-refractivity contribution in [3.63, 3.8) is 0 Å². The van der Waals surface area contributed by atoms with Crippen LogP contribution in [0.4, 0.5) is 5.82 Å². The lowest BCUT2D eigenvalue weighted by atomic mass is 10.0. The van der Waals surface area contributed by atoms with Crippen LogP contribution in [0.2, 0.25) is 0 Å². The smallest absolute Gasteiger partial charge is 0.126 e. The lowest BCUT2D eigenvalue weighted by molar-refractivity contribution is 0.0831. The molecule has 1 aromatic rings. The fourth-order valence-corrected chi connectivity index (χ4v) is 1.14. The first-order valence-corrected chi connectivity index (χ1v) is 4.69. The van der Waals surface area contributed by atoms with E-state index in [9.17, 15) is 0 Å². The Morgan fingerprint density at radius 3 is 2.33 bits per heavy atom. The zero-order chi connectivity index (χ0) is 11.3. The summed E-state index contributed by atoms with van der Waals surface area (Å²) >= 11 is 0. The number of aromatic nitrogens is 1. The van der Waals surface area contributed by atoms with Gasteiger partial charge in [0, 0.05) is 6.20 Å². The molecule has 5 nitrogen and oxygen atoms in total. The van der Waals surface area contributed by atoms with Crippen LogP contribution in [0, 0.1) is 6.92 Å². The van der Waals surface area contributed by atoms with Crippen LogP contribution in [-0.4, -0.2) is 45.7 Å². The highest BCUT2D eigenvalue weighted by Crippen LogP contribution is 2.13. The second kappa shape index (κ2) is 5.06. The molecule has 0 saturated carbocycles. The molecule has 15 heavy (non-hydrogen) atoms. The summed E-state index contributed by atoms with van der Waals surface area (Å²) in [7, 11) is 0. The molecule has 1 heterocycles. The summed E-state index contributed by atoms with van der Waals surface area (Å²) in [6, 6.07) is 3.61. The highest BCUT2D eigenvalue weighted by atomic mass is 16.3. The second-order valence-corrected chi connectivity index (χ2v) is 3.60. The monoisotopic (exact) mass is 212 g/mol. The molecule has 0 aromatic carbocycles. The van der Waals surface area contributed by atoms with E-state index in [-0.39, 0.29) is 19.8 Å². The Hall–Kier alpha value is -1.17. The third kappa shape index (κ3) is 2.89. The van der Waals surface area contributed by atoms with Gasteiger partial charge in [-0.1, -0.05) is 0 Å². The zero-order valence-corrected chi connectivity index (χ0v) is 8.64. The third-order valence-electron chi connectivity index (χ3n) is 2.22. The van der Waals surface area contributed by atoms with E-state index in [0.717, 1.165) is 5.56 Å². The van der Waals surface area contributed by atoms with Gasteiger partial charge in [0.05, 0.1) is 19.8 Å². The largest absolute Gasteiger partial charge is 0.394 e. The number of aryl methyl sites for hydroxylation is 1. The second-order valence-electron chi connectivity index (χ2n) is 3.60. The van der Waals surface area contributed by atoms with E-state index >= 15 is 0 Å². The van der Waals surface area contributed by atoms with Crippen LogP contribution < -0.4 is 5.32 Å². The number of aliphatic hydroxyl groups is 3. The van der Waals surface area contributed by atoms with Crippen LogP contribution >= 0.6 is 0 Å². The molecule has 5 heteroatoms. The summed E-state index contributed by atoms with van der Waals surface area (Å²) < 4.78 is 0. The number of rotatable bonds is 5. The van der Waals surface area contributed by atoms with Gasteiger partial charge in [-0.25, -0.2) is 4.98 Å². The van der Waals surface area contributed by atoms with Crippen LogP contribution in [0.3, 0.4) is 0 Å². The molecule has 84 valence electrons. The predicted octanol–water partition coefficient (Wildman–Crippen LogP) is -0.482. The number of nitrogens with one attached hydrogen (secondary N) is 1. The average Bonchev–Trinajstić information content (AvgIpc) is 2.26. The number of aliphatic hydroxyl groups excluding tert-OH is 3. The van der Waals surface area contributed by atoms with E-state index < -0.39 is 5.54 Å². The molecule has 0 radical (unpaired) electrons. The van der Waals surface area contributed by atoms with Crippen molar-refractivity contribution in [3.8, 4) is 0 Å². The lowest BCUT2D eigenvalue weighted by Crippen LogP contribution is -2.49. The van der Waals surface area contributed by atoms with Crippen molar-refractivity contribution in [2.24, 2.45) is 0 Å². The lowest BCUT2D eigenvalue weighted by Gasteiger charge is -2.29. The molecule has 1 aromatic heterocycles. The fourth-order valence-electron chi connectivity index (χ4n) is 1.14. The molecule has 0 saturated heterocycles. The maximum atomic E-state index is 9.10. The molecule has 0 unspecified atom stereocenters. The SMILES string of the molecule is Cc1ccnc(NC(CO)(CO)CO)c1.